The lowest BCUT2D eigenvalue weighted by atomic mass is 10.1. The molecule has 0 aliphatic rings. The van der Waals surface area contributed by atoms with E-state index in [0.29, 0.717) is 38.5 Å². The monoisotopic (exact) mass is 448 g/mol. The van der Waals surface area contributed by atoms with Crippen LogP contribution in [-0.4, -0.2) is 39.0 Å². The molecular formula is C17H11F3N8O2S. The zero-order valence-electron chi connectivity index (χ0n) is 15.9. The number of halogens is 3. The molecule has 0 atom stereocenters. The van der Waals surface area contributed by atoms with Gasteiger partial charge in [0.1, 0.15) is 27.7 Å². The van der Waals surface area contributed by atoms with E-state index in [2.05, 4.69) is 25.0 Å². The van der Waals surface area contributed by atoms with Crippen molar-refractivity contribution in [1.82, 2.24) is 34.1 Å². The fourth-order valence-corrected chi connectivity index (χ4v) is 4.54. The average Bonchev–Trinajstić information content (AvgIpc) is 3.35. The van der Waals surface area contributed by atoms with Gasteiger partial charge in [-0.05, 0) is 28.5 Å². The topological polar surface area (TPSA) is 117 Å². The summed E-state index contributed by atoms with van der Waals surface area (Å²) in [6.45, 7) is 3.35. The van der Waals surface area contributed by atoms with E-state index < -0.39 is 16.8 Å². The second-order valence-corrected chi connectivity index (χ2v) is 7.85. The van der Waals surface area contributed by atoms with E-state index in [4.69, 9.17) is 0 Å². The van der Waals surface area contributed by atoms with Gasteiger partial charge in [0.15, 0.2) is 11.5 Å². The molecule has 0 spiro atoms. The Morgan fingerprint density at radius 3 is 2.68 bits per heavy atom. The van der Waals surface area contributed by atoms with Crippen LogP contribution in [0.3, 0.4) is 0 Å². The van der Waals surface area contributed by atoms with Gasteiger partial charge in [0.05, 0.1) is 12.1 Å². The van der Waals surface area contributed by atoms with E-state index in [1.807, 2.05) is 0 Å². The van der Waals surface area contributed by atoms with Crippen LogP contribution in [0.25, 0.3) is 26.1 Å². The Hall–Kier alpha value is -3.68. The van der Waals surface area contributed by atoms with Crippen LogP contribution in [0.1, 0.15) is 22.9 Å². The van der Waals surface area contributed by atoms with Crippen LogP contribution in [-0.2, 0) is 12.7 Å². The third kappa shape index (κ3) is 3.06. The number of imidazole rings is 1. The number of hydrogen-bond donors (Lipinski definition) is 0. The highest BCUT2D eigenvalue weighted by atomic mass is 32.1. The first-order valence-electron chi connectivity index (χ1n) is 8.81. The maximum atomic E-state index is 13.1. The quantitative estimate of drug-likeness (QED) is 0.305. The molecule has 0 unspecified atom stereocenters. The average molecular weight is 448 g/mol. The summed E-state index contributed by atoms with van der Waals surface area (Å²) in [6.07, 6.45) is -1.83. The second kappa shape index (κ2) is 6.41. The molecule has 0 aromatic carbocycles. The number of aryl methyl sites for hydroxylation is 2. The van der Waals surface area contributed by atoms with Gasteiger partial charge >= 0.3 is 12.0 Å². The number of alkyl halides is 3. The zero-order valence-corrected chi connectivity index (χ0v) is 16.7. The zero-order chi connectivity index (χ0) is 22.1. The number of nitro groups is 1. The van der Waals surface area contributed by atoms with Crippen molar-refractivity contribution < 1.29 is 18.1 Å². The lowest BCUT2D eigenvalue weighted by molar-refractivity contribution is -0.389. The van der Waals surface area contributed by atoms with Crippen molar-refractivity contribution in [3.8, 4) is 0 Å². The van der Waals surface area contributed by atoms with E-state index in [-0.39, 0.29) is 17.2 Å². The molecule has 0 bridgehead atoms. The largest absolute Gasteiger partial charge is 0.433 e. The van der Waals surface area contributed by atoms with Crippen LogP contribution in [0.2, 0.25) is 0 Å². The van der Waals surface area contributed by atoms with Crippen LogP contribution < -0.4 is 0 Å². The fraction of sp³-hybridized carbons (Fsp3) is 0.235. The van der Waals surface area contributed by atoms with Crippen molar-refractivity contribution in [2.24, 2.45) is 0 Å². The van der Waals surface area contributed by atoms with E-state index in [0.717, 1.165) is 17.4 Å². The van der Waals surface area contributed by atoms with Crippen molar-refractivity contribution in [2.45, 2.75) is 26.6 Å². The van der Waals surface area contributed by atoms with Crippen LogP contribution in [0.5, 0.6) is 0 Å². The van der Waals surface area contributed by atoms with Gasteiger partial charge in [0, 0.05) is 12.3 Å². The van der Waals surface area contributed by atoms with E-state index in [1.54, 1.807) is 18.4 Å². The Morgan fingerprint density at radius 1 is 1.23 bits per heavy atom. The molecule has 14 heteroatoms. The predicted molar refractivity (Wildman–Crippen MR) is 104 cm³/mol. The maximum Gasteiger partial charge on any atom is 0.433 e. The van der Waals surface area contributed by atoms with Gasteiger partial charge < -0.3 is 14.7 Å². The lowest BCUT2D eigenvalue weighted by Gasteiger charge is -2.06. The molecule has 31 heavy (non-hydrogen) atoms. The molecule has 10 nitrogen and oxygen atoms in total. The minimum atomic E-state index is -4.55. The van der Waals surface area contributed by atoms with Crippen LogP contribution in [0.15, 0.2) is 18.6 Å². The Bertz CT molecular complexity index is 1520. The van der Waals surface area contributed by atoms with Gasteiger partial charge in [-0.15, -0.1) is 16.4 Å². The minimum absolute atomic E-state index is 0.135. The smallest absolute Gasteiger partial charge is 0.358 e. The molecule has 0 radical (unpaired) electrons. The molecule has 5 aromatic heterocycles. The number of fused-ring (bicyclic) bond motifs is 5. The number of thiophene rings is 1. The molecule has 5 heterocycles. The molecule has 0 saturated heterocycles. The van der Waals surface area contributed by atoms with Gasteiger partial charge in [-0.25, -0.2) is 19.5 Å². The van der Waals surface area contributed by atoms with E-state index in [9.17, 15) is 23.3 Å². The number of hydrogen-bond acceptors (Lipinski definition) is 8. The summed E-state index contributed by atoms with van der Waals surface area (Å²) in [5.74, 6) is 0.495. The summed E-state index contributed by atoms with van der Waals surface area (Å²) >= 11 is 1.06. The number of pyridine rings is 1. The van der Waals surface area contributed by atoms with Gasteiger partial charge in [0.25, 0.3) is 0 Å². The highest BCUT2D eigenvalue weighted by Gasteiger charge is 2.33. The summed E-state index contributed by atoms with van der Waals surface area (Å²) in [7, 11) is 0. The van der Waals surface area contributed by atoms with Gasteiger partial charge in [-0.2, -0.15) is 13.2 Å². The molecule has 0 aliphatic carbocycles. The summed E-state index contributed by atoms with van der Waals surface area (Å²) < 4.78 is 43.0. The van der Waals surface area contributed by atoms with E-state index in [1.165, 1.54) is 17.0 Å². The molecule has 5 aromatic rings. The number of aromatic nitrogens is 7. The van der Waals surface area contributed by atoms with Crippen molar-refractivity contribution in [1.29, 1.82) is 0 Å². The van der Waals surface area contributed by atoms with Gasteiger partial charge in [-0.1, -0.05) is 0 Å². The molecule has 0 fully saturated rings. The molecular weight excluding hydrogens is 437 g/mol. The summed E-state index contributed by atoms with van der Waals surface area (Å²) in [6, 6.07) is 1.00. The molecule has 0 saturated carbocycles. The van der Waals surface area contributed by atoms with Crippen LogP contribution in [0, 0.1) is 24.0 Å². The lowest BCUT2D eigenvalue weighted by Crippen LogP contribution is -2.07. The fourth-order valence-electron chi connectivity index (χ4n) is 3.36. The Balaban J connectivity index is 1.65. The van der Waals surface area contributed by atoms with E-state index >= 15 is 0 Å². The van der Waals surface area contributed by atoms with Crippen LogP contribution in [0.4, 0.5) is 19.0 Å². The second-order valence-electron chi connectivity index (χ2n) is 6.85. The van der Waals surface area contributed by atoms with Crippen molar-refractivity contribution in [2.75, 3.05) is 0 Å². The first-order valence-corrected chi connectivity index (χ1v) is 9.63. The van der Waals surface area contributed by atoms with Gasteiger partial charge in [0.2, 0.25) is 5.82 Å². The molecule has 0 N–H and O–H groups in total. The first-order chi connectivity index (χ1) is 14.6. The Morgan fingerprint density at radius 2 is 2.00 bits per heavy atom. The molecule has 158 valence electrons. The van der Waals surface area contributed by atoms with Crippen molar-refractivity contribution in [3.05, 3.63) is 51.6 Å². The summed E-state index contributed by atoms with van der Waals surface area (Å²) in [5, 5.41) is 15.8. The van der Waals surface area contributed by atoms with Crippen molar-refractivity contribution >= 4 is 43.2 Å². The molecule has 5 rings (SSSR count). The third-order valence-electron chi connectivity index (χ3n) is 4.76. The standard InChI is InChI=1S/C17H11F3N8O2S/c1-7-3-9(17(18,19)20)23-16-12(7)13-14(31-16)15-24-10(25-27(15)6-21-13)4-26-5-11(28(29)30)22-8(26)2/h3,5-6H,4H2,1-2H3. The number of nitrogens with zero attached hydrogens (tertiary/aromatic N) is 8. The normalized spacial score (nSPS) is 12.4. The maximum absolute atomic E-state index is 13.1. The SMILES string of the molecule is Cc1cc(C(F)(F)F)nc2sc3c(ncn4nc(Cn5cc([N+](=O)[O-])nc5C)nc34)c12. The number of rotatable bonds is 3. The highest BCUT2D eigenvalue weighted by Crippen LogP contribution is 2.38. The Labute approximate surface area is 174 Å². The van der Waals surface area contributed by atoms with Crippen LogP contribution >= 0.6 is 11.3 Å². The highest BCUT2D eigenvalue weighted by molar-refractivity contribution is 7.26. The molecule has 0 aliphatic heterocycles. The molecule has 0 amide bonds. The summed E-state index contributed by atoms with van der Waals surface area (Å²) in [5.41, 5.74) is 0.378. The van der Waals surface area contributed by atoms with Crippen molar-refractivity contribution in [3.63, 3.8) is 0 Å². The summed E-state index contributed by atoms with van der Waals surface area (Å²) in [4.78, 5) is 27.0. The Kier molecular flexibility index (Phi) is 3.99. The van der Waals surface area contributed by atoms with Gasteiger partial charge in [-0.3, -0.25) is 0 Å². The minimum Gasteiger partial charge on any atom is -0.358 e. The third-order valence-corrected chi connectivity index (χ3v) is 5.83. The predicted octanol–water partition coefficient (Wildman–Crippen LogP) is 3.68. The first kappa shape index (κ1) is 19.3.